The van der Waals surface area contributed by atoms with E-state index in [1.54, 1.807) is 6.07 Å². The molecule has 1 aliphatic carbocycles. The van der Waals surface area contributed by atoms with E-state index in [9.17, 15) is 4.39 Å². The first-order valence-corrected chi connectivity index (χ1v) is 7.20. The maximum absolute atomic E-state index is 13.6. The molecule has 1 aliphatic rings. The molecule has 0 aliphatic heterocycles. The van der Waals surface area contributed by atoms with Gasteiger partial charge in [-0.05, 0) is 59.3 Å². The van der Waals surface area contributed by atoms with Crippen molar-refractivity contribution in [2.24, 2.45) is 5.92 Å². The van der Waals surface area contributed by atoms with E-state index in [2.05, 4.69) is 28.2 Å². The fourth-order valence-electron chi connectivity index (χ4n) is 2.36. The van der Waals surface area contributed by atoms with Crippen molar-refractivity contribution < 1.29 is 4.39 Å². The fourth-order valence-corrected chi connectivity index (χ4v) is 2.88. The highest BCUT2D eigenvalue weighted by Gasteiger charge is 2.29. The Balaban J connectivity index is 2.21. The van der Waals surface area contributed by atoms with Gasteiger partial charge in [0.05, 0.1) is 4.47 Å². The van der Waals surface area contributed by atoms with E-state index in [0.29, 0.717) is 16.4 Å². The lowest BCUT2D eigenvalue weighted by molar-refractivity contribution is 0.230. The molecule has 1 nitrogen and oxygen atoms in total. The van der Waals surface area contributed by atoms with E-state index in [1.807, 2.05) is 6.07 Å². The van der Waals surface area contributed by atoms with Crippen LogP contribution in [-0.2, 0) is 0 Å². The molecule has 1 atom stereocenters. The third-order valence-corrected chi connectivity index (χ3v) is 4.39. The quantitative estimate of drug-likeness (QED) is 0.848. The van der Waals surface area contributed by atoms with Crippen molar-refractivity contribution in [2.75, 3.05) is 6.54 Å². The predicted octanol–water partition coefficient (Wildman–Crippen LogP) is 4.43. The van der Waals surface area contributed by atoms with Crippen molar-refractivity contribution in [2.45, 2.75) is 38.6 Å². The van der Waals surface area contributed by atoms with E-state index in [4.69, 9.17) is 0 Å². The number of hydrogen-bond donors (Lipinski definition) is 1. The van der Waals surface area contributed by atoms with Crippen LogP contribution in [0.25, 0.3) is 0 Å². The highest BCUT2D eigenvalue weighted by Crippen LogP contribution is 2.40. The first kappa shape index (κ1) is 13.0. The minimum absolute atomic E-state index is 0.162. The second-order valence-corrected chi connectivity index (χ2v) is 5.56. The van der Waals surface area contributed by atoms with Crippen LogP contribution >= 0.6 is 15.9 Å². The van der Waals surface area contributed by atoms with Crippen LogP contribution in [-0.4, -0.2) is 6.54 Å². The zero-order chi connectivity index (χ0) is 12.3. The highest BCUT2D eigenvalue weighted by atomic mass is 79.9. The minimum atomic E-state index is -0.162. The number of benzene rings is 1. The third kappa shape index (κ3) is 2.89. The molecule has 1 aromatic carbocycles. The average Bonchev–Trinajstić information content (AvgIpc) is 2.26. The van der Waals surface area contributed by atoms with Gasteiger partial charge in [-0.3, -0.25) is 0 Å². The summed E-state index contributed by atoms with van der Waals surface area (Å²) in [6.07, 6.45) is 4.92. The molecule has 2 rings (SSSR count). The molecule has 0 heterocycles. The molecule has 1 N–H and O–H groups in total. The topological polar surface area (TPSA) is 12.0 Å². The molecule has 1 unspecified atom stereocenters. The van der Waals surface area contributed by atoms with Gasteiger partial charge in [0.2, 0.25) is 0 Å². The summed E-state index contributed by atoms with van der Waals surface area (Å²) in [6.45, 7) is 3.15. The van der Waals surface area contributed by atoms with E-state index in [-0.39, 0.29) is 5.82 Å². The summed E-state index contributed by atoms with van der Waals surface area (Å²) < 4.78 is 14.2. The number of hydrogen-bond acceptors (Lipinski definition) is 1. The molecule has 0 bridgehead atoms. The van der Waals surface area contributed by atoms with Crippen molar-refractivity contribution in [3.8, 4) is 0 Å². The van der Waals surface area contributed by atoms with Gasteiger partial charge in [0.25, 0.3) is 0 Å². The number of nitrogens with one attached hydrogen (secondary N) is 1. The summed E-state index contributed by atoms with van der Waals surface area (Å²) in [5.41, 5.74) is 1.07. The van der Waals surface area contributed by atoms with Gasteiger partial charge < -0.3 is 5.32 Å². The Morgan fingerprint density at radius 2 is 2.24 bits per heavy atom. The van der Waals surface area contributed by atoms with E-state index in [1.165, 1.54) is 25.3 Å². The van der Waals surface area contributed by atoms with Crippen LogP contribution in [0.4, 0.5) is 4.39 Å². The molecule has 0 saturated heterocycles. The Morgan fingerprint density at radius 1 is 1.47 bits per heavy atom. The van der Waals surface area contributed by atoms with Crippen molar-refractivity contribution in [1.82, 2.24) is 5.32 Å². The first-order chi connectivity index (χ1) is 8.24. The van der Waals surface area contributed by atoms with Crippen molar-refractivity contribution in [1.29, 1.82) is 0 Å². The average molecular weight is 300 g/mol. The number of halogens is 2. The van der Waals surface area contributed by atoms with Gasteiger partial charge in [-0.2, -0.15) is 0 Å². The molecule has 0 aromatic heterocycles. The molecule has 3 heteroatoms. The smallest absolute Gasteiger partial charge is 0.137 e. The van der Waals surface area contributed by atoms with Gasteiger partial charge >= 0.3 is 0 Å². The summed E-state index contributed by atoms with van der Waals surface area (Å²) >= 11 is 3.38. The predicted molar refractivity (Wildman–Crippen MR) is 72.5 cm³/mol. The Hall–Kier alpha value is -0.410. The molecule has 1 aromatic rings. The Morgan fingerprint density at radius 3 is 2.82 bits per heavy atom. The summed E-state index contributed by atoms with van der Waals surface area (Å²) in [4.78, 5) is 0. The standard InChI is InChI=1S/C14H19BrFN/c1-2-9-17-14(10-5-3-6-10)11-7-4-8-12(16)13(11)15/h4,7-8,10,14,17H,2-3,5-6,9H2,1H3. The van der Waals surface area contributed by atoms with Crippen LogP contribution in [0.5, 0.6) is 0 Å². The maximum atomic E-state index is 13.6. The van der Waals surface area contributed by atoms with Gasteiger partial charge in [0, 0.05) is 6.04 Å². The van der Waals surface area contributed by atoms with Crippen LogP contribution < -0.4 is 5.32 Å². The number of rotatable bonds is 5. The van der Waals surface area contributed by atoms with E-state index >= 15 is 0 Å². The molecule has 0 radical (unpaired) electrons. The molecule has 1 fully saturated rings. The van der Waals surface area contributed by atoms with Gasteiger partial charge in [0.1, 0.15) is 5.82 Å². The molecule has 94 valence electrons. The summed E-state index contributed by atoms with van der Waals surface area (Å²) in [5, 5.41) is 3.56. The normalized spacial score (nSPS) is 17.8. The SMILES string of the molecule is CCCNC(c1cccc(F)c1Br)C1CCC1. The van der Waals surface area contributed by atoms with Crippen molar-refractivity contribution in [3.05, 3.63) is 34.1 Å². The monoisotopic (exact) mass is 299 g/mol. The minimum Gasteiger partial charge on any atom is -0.310 e. The second-order valence-electron chi connectivity index (χ2n) is 4.77. The van der Waals surface area contributed by atoms with Gasteiger partial charge in [-0.1, -0.05) is 25.5 Å². The van der Waals surface area contributed by atoms with Crippen LogP contribution in [0.3, 0.4) is 0 Å². The summed E-state index contributed by atoms with van der Waals surface area (Å²) in [6, 6.07) is 5.63. The Kier molecular flexibility index (Phi) is 4.57. The van der Waals surface area contributed by atoms with Crippen LogP contribution in [0.1, 0.15) is 44.2 Å². The molecule has 0 amide bonds. The molecular formula is C14H19BrFN. The van der Waals surface area contributed by atoms with Crippen LogP contribution in [0, 0.1) is 11.7 Å². The lowest BCUT2D eigenvalue weighted by Crippen LogP contribution is -2.33. The molecule has 1 saturated carbocycles. The molecule has 17 heavy (non-hydrogen) atoms. The van der Waals surface area contributed by atoms with Crippen LogP contribution in [0.2, 0.25) is 0 Å². The lowest BCUT2D eigenvalue weighted by Gasteiger charge is -2.35. The van der Waals surface area contributed by atoms with Crippen LogP contribution in [0.15, 0.2) is 22.7 Å². The highest BCUT2D eigenvalue weighted by molar-refractivity contribution is 9.10. The summed E-state index contributed by atoms with van der Waals surface area (Å²) in [5.74, 6) is 0.504. The first-order valence-electron chi connectivity index (χ1n) is 6.41. The molecule has 0 spiro atoms. The van der Waals surface area contributed by atoms with Gasteiger partial charge in [-0.15, -0.1) is 0 Å². The fraction of sp³-hybridized carbons (Fsp3) is 0.571. The Bertz CT molecular complexity index is 376. The lowest BCUT2D eigenvalue weighted by atomic mass is 9.77. The van der Waals surface area contributed by atoms with Crippen molar-refractivity contribution >= 4 is 15.9 Å². The summed E-state index contributed by atoms with van der Waals surface area (Å²) in [7, 11) is 0. The van der Waals surface area contributed by atoms with E-state index in [0.717, 1.165) is 18.5 Å². The zero-order valence-electron chi connectivity index (χ0n) is 10.2. The Labute approximate surface area is 111 Å². The van der Waals surface area contributed by atoms with Gasteiger partial charge in [0.15, 0.2) is 0 Å². The van der Waals surface area contributed by atoms with Crippen molar-refractivity contribution in [3.63, 3.8) is 0 Å². The zero-order valence-corrected chi connectivity index (χ0v) is 11.8. The van der Waals surface area contributed by atoms with E-state index < -0.39 is 0 Å². The van der Waals surface area contributed by atoms with Gasteiger partial charge in [-0.25, -0.2) is 4.39 Å². The second kappa shape index (κ2) is 5.96. The molecular weight excluding hydrogens is 281 g/mol. The third-order valence-electron chi connectivity index (χ3n) is 3.55. The maximum Gasteiger partial charge on any atom is 0.137 e. The largest absolute Gasteiger partial charge is 0.310 e.